The molecule has 0 amide bonds. The fourth-order valence-corrected chi connectivity index (χ4v) is 1.78. The molecule has 2 heterocycles. The molecule has 20 heavy (non-hydrogen) atoms. The molecule has 1 unspecified atom stereocenters. The molecule has 3 nitrogen and oxygen atoms in total. The van der Waals surface area contributed by atoms with Crippen LogP contribution >= 0.6 is 0 Å². The Morgan fingerprint density at radius 2 is 1.50 bits per heavy atom. The van der Waals surface area contributed by atoms with Crippen LogP contribution < -0.4 is 5.56 Å². The maximum atomic E-state index is 11.5. The number of nitrogens with zero attached hydrogens (tertiary/aromatic N) is 2. The van der Waals surface area contributed by atoms with Crippen molar-refractivity contribution in [3.8, 4) is 0 Å². The summed E-state index contributed by atoms with van der Waals surface area (Å²) in [7, 11) is 0. The smallest absolute Gasteiger partial charge is 0.253 e. The minimum Gasteiger partial charge on any atom is -0.294 e. The van der Waals surface area contributed by atoms with Gasteiger partial charge in [0.1, 0.15) is 5.82 Å². The largest absolute Gasteiger partial charge is 0.294 e. The zero-order chi connectivity index (χ0) is 16.7. The molecule has 2 rings (SSSR count). The van der Waals surface area contributed by atoms with E-state index in [-0.39, 0.29) is 5.56 Å². The Morgan fingerprint density at radius 1 is 1.05 bits per heavy atom. The number of rotatable bonds is 0. The van der Waals surface area contributed by atoms with Crippen molar-refractivity contribution in [1.29, 1.82) is 0 Å². The lowest BCUT2D eigenvalue weighted by Crippen LogP contribution is -2.22. The van der Waals surface area contributed by atoms with Crippen molar-refractivity contribution in [1.82, 2.24) is 9.55 Å². The number of hydrogen-bond donors (Lipinski definition) is 0. The van der Waals surface area contributed by atoms with Crippen molar-refractivity contribution in [3.05, 3.63) is 27.9 Å². The lowest BCUT2D eigenvalue weighted by Gasteiger charge is -2.07. The minimum absolute atomic E-state index is 0.0995. The molecule has 120 valence electrons. The lowest BCUT2D eigenvalue weighted by molar-refractivity contribution is 0.558. The van der Waals surface area contributed by atoms with E-state index in [2.05, 4.69) is 11.9 Å². The van der Waals surface area contributed by atoms with E-state index in [1.807, 2.05) is 62.3 Å². The molecule has 0 N–H and O–H groups in total. The van der Waals surface area contributed by atoms with Gasteiger partial charge in [0, 0.05) is 24.2 Å². The Balaban J connectivity index is -0.000000314. The Morgan fingerprint density at radius 3 is 1.95 bits per heavy atom. The summed E-state index contributed by atoms with van der Waals surface area (Å²) < 4.78 is 1.80. The third-order valence-corrected chi connectivity index (χ3v) is 2.38. The molecular weight excluding hydrogens is 248 g/mol. The molecule has 0 fully saturated rings. The van der Waals surface area contributed by atoms with Crippen molar-refractivity contribution in [2.24, 2.45) is 0 Å². The standard InChI is InChI=1S/C9H12N2O.4C2H6/c1-6-5-9(12)11-7(2)3-4-8(11)10-6;4*1-2/h5,7H,3-4H2,1-2H3;4*1-2H3. The highest BCUT2D eigenvalue weighted by atomic mass is 16.1. The summed E-state index contributed by atoms with van der Waals surface area (Å²) >= 11 is 0. The van der Waals surface area contributed by atoms with Gasteiger partial charge in [-0.05, 0) is 20.3 Å². The highest BCUT2D eigenvalue weighted by molar-refractivity contribution is 5.07. The molecule has 1 aliphatic rings. The van der Waals surface area contributed by atoms with Crippen molar-refractivity contribution < 1.29 is 0 Å². The summed E-state index contributed by atoms with van der Waals surface area (Å²) in [5, 5.41) is 0. The molecule has 0 saturated carbocycles. The molecule has 1 aromatic heterocycles. The number of fused-ring (bicyclic) bond motifs is 1. The topological polar surface area (TPSA) is 34.9 Å². The van der Waals surface area contributed by atoms with Gasteiger partial charge in [-0.2, -0.15) is 0 Å². The van der Waals surface area contributed by atoms with Crippen molar-refractivity contribution in [2.75, 3.05) is 0 Å². The van der Waals surface area contributed by atoms with Gasteiger partial charge in [-0.15, -0.1) is 0 Å². The average molecular weight is 284 g/mol. The van der Waals surface area contributed by atoms with Crippen LogP contribution in [0.1, 0.15) is 86.3 Å². The second kappa shape index (κ2) is 15.9. The fraction of sp³-hybridized carbons (Fsp3) is 0.765. The molecule has 1 aliphatic heterocycles. The maximum Gasteiger partial charge on any atom is 0.253 e. The Labute approximate surface area is 126 Å². The van der Waals surface area contributed by atoms with Crippen LogP contribution in [0, 0.1) is 6.92 Å². The third kappa shape index (κ3) is 7.46. The molecule has 0 radical (unpaired) electrons. The van der Waals surface area contributed by atoms with E-state index in [1.54, 1.807) is 10.6 Å². The second-order valence-electron chi connectivity index (χ2n) is 3.41. The van der Waals surface area contributed by atoms with E-state index in [0.717, 1.165) is 24.4 Å². The average Bonchev–Trinajstić information content (AvgIpc) is 2.89. The van der Waals surface area contributed by atoms with Crippen LogP contribution in [0.25, 0.3) is 0 Å². The van der Waals surface area contributed by atoms with E-state index >= 15 is 0 Å². The molecule has 0 saturated heterocycles. The van der Waals surface area contributed by atoms with Crippen LogP contribution in [0.2, 0.25) is 0 Å². The number of hydrogen-bond acceptors (Lipinski definition) is 2. The highest BCUT2D eigenvalue weighted by Gasteiger charge is 2.19. The van der Waals surface area contributed by atoms with E-state index in [1.165, 1.54) is 0 Å². The molecule has 1 aromatic rings. The van der Waals surface area contributed by atoms with Crippen molar-refractivity contribution in [3.63, 3.8) is 0 Å². The van der Waals surface area contributed by atoms with E-state index in [0.29, 0.717) is 6.04 Å². The normalized spacial score (nSPS) is 13.8. The minimum atomic E-state index is 0.0995. The quantitative estimate of drug-likeness (QED) is 0.659. The Hall–Kier alpha value is -1.12. The predicted molar refractivity (Wildman–Crippen MR) is 91.7 cm³/mol. The summed E-state index contributed by atoms with van der Waals surface area (Å²) in [6.07, 6.45) is 1.99. The third-order valence-electron chi connectivity index (χ3n) is 2.38. The van der Waals surface area contributed by atoms with Crippen LogP contribution in [0.4, 0.5) is 0 Å². The molecule has 0 aliphatic carbocycles. The highest BCUT2D eigenvalue weighted by Crippen LogP contribution is 2.20. The number of aryl methyl sites for hydroxylation is 2. The van der Waals surface area contributed by atoms with Crippen LogP contribution in [0.5, 0.6) is 0 Å². The molecule has 0 bridgehead atoms. The van der Waals surface area contributed by atoms with E-state index in [4.69, 9.17) is 0 Å². The zero-order valence-corrected chi connectivity index (χ0v) is 15.4. The molecule has 3 heteroatoms. The molecule has 0 aromatic carbocycles. The lowest BCUT2D eigenvalue weighted by atomic mass is 10.2. The van der Waals surface area contributed by atoms with Crippen LogP contribution in [-0.4, -0.2) is 9.55 Å². The van der Waals surface area contributed by atoms with Gasteiger partial charge in [0.2, 0.25) is 0 Å². The van der Waals surface area contributed by atoms with Crippen molar-refractivity contribution >= 4 is 0 Å². The van der Waals surface area contributed by atoms with E-state index in [9.17, 15) is 4.79 Å². The first-order valence-electron chi connectivity index (χ1n) is 8.27. The van der Waals surface area contributed by atoms with Gasteiger partial charge in [-0.25, -0.2) is 4.98 Å². The molecule has 0 spiro atoms. The van der Waals surface area contributed by atoms with Crippen LogP contribution in [0.15, 0.2) is 10.9 Å². The summed E-state index contributed by atoms with van der Waals surface area (Å²) in [5.74, 6) is 0.951. The first-order chi connectivity index (χ1) is 9.68. The van der Waals surface area contributed by atoms with Gasteiger partial charge < -0.3 is 0 Å². The van der Waals surface area contributed by atoms with Crippen LogP contribution in [0.3, 0.4) is 0 Å². The summed E-state index contributed by atoms with van der Waals surface area (Å²) in [6.45, 7) is 19.9. The van der Waals surface area contributed by atoms with Gasteiger partial charge in [0.15, 0.2) is 0 Å². The summed E-state index contributed by atoms with van der Waals surface area (Å²) in [6, 6.07) is 1.94. The van der Waals surface area contributed by atoms with Gasteiger partial charge in [-0.1, -0.05) is 55.4 Å². The fourth-order valence-electron chi connectivity index (χ4n) is 1.78. The Bertz CT molecular complexity index is 370. The first kappa shape index (κ1) is 23.9. The monoisotopic (exact) mass is 284 g/mol. The van der Waals surface area contributed by atoms with Gasteiger partial charge >= 0.3 is 0 Å². The number of aromatic nitrogens is 2. The molecular formula is C17H36N2O. The first-order valence-corrected chi connectivity index (χ1v) is 8.27. The molecule has 1 atom stereocenters. The summed E-state index contributed by atoms with van der Waals surface area (Å²) in [4.78, 5) is 15.8. The Kier molecular flexibility index (Phi) is 19.1. The second-order valence-corrected chi connectivity index (χ2v) is 3.41. The zero-order valence-electron chi connectivity index (χ0n) is 15.4. The van der Waals surface area contributed by atoms with E-state index < -0.39 is 0 Å². The van der Waals surface area contributed by atoms with Gasteiger partial charge in [-0.3, -0.25) is 9.36 Å². The van der Waals surface area contributed by atoms with Gasteiger partial charge in [0.25, 0.3) is 5.56 Å². The summed E-state index contributed by atoms with van der Waals surface area (Å²) in [5.41, 5.74) is 0.933. The SMILES string of the molecule is CC.CC.CC.CC.Cc1cc(=O)n2c(n1)CCC2C. The van der Waals surface area contributed by atoms with Crippen LogP contribution in [-0.2, 0) is 6.42 Å². The van der Waals surface area contributed by atoms with Gasteiger partial charge in [0.05, 0.1) is 0 Å². The predicted octanol–water partition coefficient (Wildman–Crippen LogP) is 5.16. The maximum absolute atomic E-state index is 11.5. The van der Waals surface area contributed by atoms with Crippen molar-refractivity contribution in [2.45, 2.75) is 88.1 Å².